The molecular formula is C23H19NO4S. The van der Waals surface area contributed by atoms with Gasteiger partial charge in [-0.15, -0.1) is 0 Å². The SMILES string of the molecule is CN1C(C(=O)c2ccccc2)=C(OCc2ccccc2)c2ccccc2S1(=O)=O. The molecule has 146 valence electrons. The van der Waals surface area contributed by atoms with Crippen molar-refractivity contribution in [2.75, 3.05) is 7.05 Å². The molecule has 1 aliphatic heterocycles. The van der Waals surface area contributed by atoms with Gasteiger partial charge in [0.15, 0.2) is 5.76 Å². The number of ether oxygens (including phenoxy) is 1. The second kappa shape index (κ2) is 7.56. The van der Waals surface area contributed by atoms with Gasteiger partial charge in [0.05, 0.1) is 4.90 Å². The van der Waals surface area contributed by atoms with Gasteiger partial charge >= 0.3 is 0 Å². The molecule has 1 aliphatic rings. The molecule has 0 saturated carbocycles. The van der Waals surface area contributed by atoms with Crippen LogP contribution < -0.4 is 0 Å². The molecule has 3 aromatic carbocycles. The van der Waals surface area contributed by atoms with Gasteiger partial charge in [0, 0.05) is 18.2 Å². The van der Waals surface area contributed by atoms with Crippen LogP contribution in [0.5, 0.6) is 0 Å². The van der Waals surface area contributed by atoms with E-state index in [2.05, 4.69) is 0 Å². The van der Waals surface area contributed by atoms with Gasteiger partial charge in [-0.2, -0.15) is 0 Å². The maximum absolute atomic E-state index is 13.3. The number of carbonyl (C=O) groups is 1. The standard InChI is InChI=1S/C23H19NO4S/c1-24-21(22(25)18-12-6-3-7-13-18)23(28-16-17-10-4-2-5-11-17)19-14-8-9-15-20(19)29(24,26)27/h2-15H,16H2,1H3. The van der Waals surface area contributed by atoms with Crippen molar-refractivity contribution in [3.63, 3.8) is 0 Å². The second-order valence-electron chi connectivity index (χ2n) is 6.62. The zero-order valence-corrected chi connectivity index (χ0v) is 16.6. The number of likely N-dealkylation sites (N-methyl/N-ethyl adjacent to an activating group) is 1. The molecule has 4 rings (SSSR count). The predicted octanol–water partition coefficient (Wildman–Crippen LogP) is 4.09. The molecule has 3 aromatic rings. The van der Waals surface area contributed by atoms with Crippen LogP contribution >= 0.6 is 0 Å². The van der Waals surface area contributed by atoms with Crippen molar-refractivity contribution in [2.24, 2.45) is 0 Å². The van der Waals surface area contributed by atoms with E-state index in [0.29, 0.717) is 11.1 Å². The van der Waals surface area contributed by atoms with E-state index in [1.807, 2.05) is 30.3 Å². The third-order valence-electron chi connectivity index (χ3n) is 4.78. The summed E-state index contributed by atoms with van der Waals surface area (Å²) >= 11 is 0. The summed E-state index contributed by atoms with van der Waals surface area (Å²) in [5.41, 5.74) is 1.71. The lowest BCUT2D eigenvalue weighted by Gasteiger charge is -2.30. The van der Waals surface area contributed by atoms with E-state index in [1.165, 1.54) is 13.1 Å². The number of fused-ring (bicyclic) bond motifs is 1. The summed E-state index contributed by atoms with van der Waals surface area (Å²) in [7, 11) is -2.48. The fourth-order valence-electron chi connectivity index (χ4n) is 3.27. The molecule has 29 heavy (non-hydrogen) atoms. The Morgan fingerprint density at radius 3 is 2.14 bits per heavy atom. The first kappa shape index (κ1) is 19.0. The molecule has 0 aromatic heterocycles. The Bertz CT molecular complexity index is 1190. The first-order valence-electron chi connectivity index (χ1n) is 9.09. The summed E-state index contributed by atoms with van der Waals surface area (Å²) in [4.78, 5) is 13.4. The number of hydrogen-bond acceptors (Lipinski definition) is 4. The summed E-state index contributed by atoms with van der Waals surface area (Å²) in [5, 5.41) is 0. The Labute approximate surface area is 169 Å². The highest BCUT2D eigenvalue weighted by Gasteiger charge is 2.38. The summed E-state index contributed by atoms with van der Waals surface area (Å²) in [6.45, 7) is 0.212. The van der Waals surface area contributed by atoms with Crippen LogP contribution in [0.15, 0.2) is 95.5 Å². The monoisotopic (exact) mass is 405 g/mol. The minimum Gasteiger partial charge on any atom is -0.486 e. The van der Waals surface area contributed by atoms with Crippen molar-refractivity contribution in [3.05, 3.63) is 107 Å². The number of Topliss-reactive ketones (excluding diaryl/α,β-unsaturated/α-hetero) is 1. The van der Waals surface area contributed by atoms with Crippen LogP contribution in [0.2, 0.25) is 0 Å². The molecule has 0 aliphatic carbocycles. The Hall–Kier alpha value is -3.38. The molecular weight excluding hydrogens is 386 g/mol. The first-order chi connectivity index (χ1) is 14.0. The number of allylic oxidation sites excluding steroid dienone is 1. The summed E-state index contributed by atoms with van der Waals surface area (Å²) in [6.07, 6.45) is 0. The maximum Gasteiger partial charge on any atom is 0.265 e. The van der Waals surface area contributed by atoms with E-state index in [0.717, 1.165) is 9.87 Å². The Kier molecular flexibility index (Phi) is 4.94. The molecule has 6 heteroatoms. The number of ketones is 1. The number of rotatable bonds is 5. The van der Waals surface area contributed by atoms with E-state index in [4.69, 9.17) is 4.74 Å². The molecule has 0 unspecified atom stereocenters. The molecule has 0 bridgehead atoms. The van der Waals surface area contributed by atoms with Crippen LogP contribution in [-0.2, 0) is 21.4 Å². The number of benzene rings is 3. The lowest BCUT2D eigenvalue weighted by Crippen LogP contribution is -2.35. The molecule has 0 radical (unpaired) electrons. The highest BCUT2D eigenvalue weighted by Crippen LogP contribution is 2.38. The van der Waals surface area contributed by atoms with Gasteiger partial charge in [-0.1, -0.05) is 72.8 Å². The third kappa shape index (κ3) is 3.43. The quantitative estimate of drug-likeness (QED) is 0.600. The number of carbonyl (C=O) groups excluding carboxylic acids is 1. The molecule has 0 amide bonds. The van der Waals surface area contributed by atoms with Gasteiger partial charge in [0.2, 0.25) is 5.78 Å². The smallest absolute Gasteiger partial charge is 0.265 e. The Morgan fingerprint density at radius 2 is 1.45 bits per heavy atom. The normalized spacial score (nSPS) is 15.0. The lowest BCUT2D eigenvalue weighted by atomic mass is 10.0. The van der Waals surface area contributed by atoms with Gasteiger partial charge in [-0.3, -0.25) is 9.10 Å². The summed E-state index contributed by atoms with van der Waals surface area (Å²) in [5.74, 6) is -0.148. The molecule has 0 saturated heterocycles. The van der Waals surface area contributed by atoms with E-state index in [9.17, 15) is 13.2 Å². The van der Waals surface area contributed by atoms with Gasteiger partial charge in [0.25, 0.3) is 10.0 Å². The van der Waals surface area contributed by atoms with Crippen molar-refractivity contribution in [2.45, 2.75) is 11.5 Å². The molecule has 0 spiro atoms. The number of hydrogen-bond donors (Lipinski definition) is 0. The fraction of sp³-hybridized carbons (Fsp3) is 0.0870. The minimum absolute atomic E-state index is 0.00540. The molecule has 0 atom stereocenters. The van der Waals surface area contributed by atoms with Gasteiger partial charge in [0.1, 0.15) is 12.3 Å². The molecule has 5 nitrogen and oxygen atoms in total. The molecule has 0 fully saturated rings. The highest BCUT2D eigenvalue weighted by atomic mass is 32.2. The molecule has 0 N–H and O–H groups in total. The second-order valence-corrected chi connectivity index (χ2v) is 8.55. The topological polar surface area (TPSA) is 63.7 Å². The van der Waals surface area contributed by atoms with Crippen LogP contribution in [0.25, 0.3) is 5.76 Å². The van der Waals surface area contributed by atoms with E-state index < -0.39 is 15.8 Å². The van der Waals surface area contributed by atoms with Crippen LogP contribution in [0.4, 0.5) is 0 Å². The first-order valence-corrected chi connectivity index (χ1v) is 10.5. The Morgan fingerprint density at radius 1 is 0.862 bits per heavy atom. The van der Waals surface area contributed by atoms with E-state index in [-0.39, 0.29) is 23.0 Å². The lowest BCUT2D eigenvalue weighted by molar-refractivity contribution is 0.101. The largest absolute Gasteiger partial charge is 0.486 e. The predicted molar refractivity (Wildman–Crippen MR) is 110 cm³/mol. The van der Waals surface area contributed by atoms with Crippen molar-refractivity contribution in [3.8, 4) is 0 Å². The zero-order valence-electron chi connectivity index (χ0n) is 15.8. The number of nitrogens with zero attached hydrogens (tertiary/aromatic N) is 1. The average molecular weight is 405 g/mol. The average Bonchev–Trinajstić information content (AvgIpc) is 2.76. The maximum atomic E-state index is 13.3. The summed E-state index contributed by atoms with van der Waals surface area (Å²) < 4.78 is 33.2. The minimum atomic E-state index is -3.86. The van der Waals surface area contributed by atoms with Gasteiger partial charge < -0.3 is 4.74 Å². The van der Waals surface area contributed by atoms with Crippen molar-refractivity contribution < 1.29 is 17.9 Å². The van der Waals surface area contributed by atoms with Crippen molar-refractivity contribution >= 4 is 21.6 Å². The van der Waals surface area contributed by atoms with Gasteiger partial charge in [-0.25, -0.2) is 8.42 Å². The van der Waals surface area contributed by atoms with Gasteiger partial charge in [-0.05, 0) is 17.7 Å². The van der Waals surface area contributed by atoms with E-state index in [1.54, 1.807) is 48.5 Å². The Balaban J connectivity index is 1.88. The molecule has 1 heterocycles. The van der Waals surface area contributed by atoms with Crippen LogP contribution in [0, 0.1) is 0 Å². The zero-order chi connectivity index (χ0) is 20.4. The van der Waals surface area contributed by atoms with Crippen LogP contribution in [-0.4, -0.2) is 25.6 Å². The van der Waals surface area contributed by atoms with Crippen LogP contribution in [0.3, 0.4) is 0 Å². The third-order valence-corrected chi connectivity index (χ3v) is 6.59. The summed E-state index contributed by atoms with van der Waals surface area (Å²) in [6, 6.07) is 24.7. The fourth-order valence-corrected chi connectivity index (χ4v) is 4.66. The van der Waals surface area contributed by atoms with E-state index >= 15 is 0 Å². The van der Waals surface area contributed by atoms with Crippen LogP contribution in [0.1, 0.15) is 21.5 Å². The highest BCUT2D eigenvalue weighted by molar-refractivity contribution is 7.89. The van der Waals surface area contributed by atoms with Crippen molar-refractivity contribution in [1.29, 1.82) is 0 Å². The number of sulfonamides is 1. The van der Waals surface area contributed by atoms with Crippen molar-refractivity contribution in [1.82, 2.24) is 4.31 Å².